The minimum atomic E-state index is -0.346. The standard InChI is InChI=1S/C20H20N2O5S/c1-24-12-7-8-14(16(9-12)25-2)19-21-18(27-22-19)10-26-20(23)15-11-28-17-6-4-3-5-13(15)17/h7-9,11H,3-6,10H2,1-2H3. The van der Waals surface area contributed by atoms with Gasteiger partial charge in [0.1, 0.15) is 11.5 Å². The summed E-state index contributed by atoms with van der Waals surface area (Å²) in [6, 6.07) is 5.31. The Morgan fingerprint density at radius 3 is 2.89 bits per heavy atom. The lowest BCUT2D eigenvalue weighted by molar-refractivity contribution is 0.0429. The van der Waals surface area contributed by atoms with E-state index in [4.69, 9.17) is 18.7 Å². The van der Waals surface area contributed by atoms with Gasteiger partial charge in [-0.2, -0.15) is 4.98 Å². The molecular formula is C20H20N2O5S. The average Bonchev–Trinajstić information content (AvgIpc) is 3.38. The number of fused-ring (bicyclic) bond motifs is 1. The maximum Gasteiger partial charge on any atom is 0.339 e. The summed E-state index contributed by atoms with van der Waals surface area (Å²) in [4.78, 5) is 18.1. The Morgan fingerprint density at radius 2 is 2.07 bits per heavy atom. The van der Waals surface area contributed by atoms with Crippen molar-refractivity contribution in [2.45, 2.75) is 32.3 Å². The highest BCUT2D eigenvalue weighted by atomic mass is 32.1. The van der Waals surface area contributed by atoms with Gasteiger partial charge in [-0.3, -0.25) is 0 Å². The van der Waals surface area contributed by atoms with E-state index >= 15 is 0 Å². The molecule has 7 nitrogen and oxygen atoms in total. The molecular weight excluding hydrogens is 380 g/mol. The van der Waals surface area contributed by atoms with Gasteiger partial charge in [0, 0.05) is 16.3 Å². The van der Waals surface area contributed by atoms with E-state index in [0.29, 0.717) is 28.5 Å². The fourth-order valence-electron chi connectivity index (χ4n) is 3.28. The van der Waals surface area contributed by atoms with Crippen LogP contribution in [0.2, 0.25) is 0 Å². The van der Waals surface area contributed by atoms with Crippen molar-refractivity contribution in [1.29, 1.82) is 0 Å². The molecule has 0 aliphatic heterocycles. The van der Waals surface area contributed by atoms with Gasteiger partial charge in [0.2, 0.25) is 5.82 Å². The number of carbonyl (C=O) groups is 1. The third-order valence-corrected chi connectivity index (χ3v) is 5.81. The van der Waals surface area contributed by atoms with E-state index < -0.39 is 0 Å². The Labute approximate surface area is 166 Å². The normalized spacial score (nSPS) is 13.1. The number of methoxy groups -OCH3 is 2. The van der Waals surface area contributed by atoms with Crippen LogP contribution in [0.5, 0.6) is 11.5 Å². The molecule has 0 bridgehead atoms. The highest BCUT2D eigenvalue weighted by molar-refractivity contribution is 7.10. The second kappa shape index (κ2) is 8.02. The quantitative estimate of drug-likeness (QED) is 0.577. The average molecular weight is 400 g/mol. The first kappa shape index (κ1) is 18.5. The van der Waals surface area contributed by atoms with Crippen molar-refractivity contribution in [1.82, 2.24) is 10.1 Å². The van der Waals surface area contributed by atoms with Crippen molar-refractivity contribution < 1.29 is 23.5 Å². The summed E-state index contributed by atoms with van der Waals surface area (Å²) >= 11 is 1.63. The molecule has 0 saturated carbocycles. The highest BCUT2D eigenvalue weighted by Gasteiger charge is 2.22. The predicted octanol–water partition coefficient (Wildman–Crippen LogP) is 4.05. The molecule has 0 spiro atoms. The van der Waals surface area contributed by atoms with Crippen LogP contribution in [0.15, 0.2) is 28.1 Å². The Hall–Kier alpha value is -2.87. The number of carbonyl (C=O) groups excluding carboxylic acids is 1. The van der Waals surface area contributed by atoms with Gasteiger partial charge in [-0.15, -0.1) is 11.3 Å². The molecule has 146 valence electrons. The van der Waals surface area contributed by atoms with Crippen molar-refractivity contribution in [2.24, 2.45) is 0 Å². The van der Waals surface area contributed by atoms with Crippen LogP contribution in [0, 0.1) is 0 Å². The monoisotopic (exact) mass is 400 g/mol. The van der Waals surface area contributed by atoms with Crippen LogP contribution in [0.25, 0.3) is 11.4 Å². The smallest absolute Gasteiger partial charge is 0.339 e. The first-order valence-electron chi connectivity index (χ1n) is 9.01. The molecule has 1 aliphatic rings. The molecule has 4 rings (SSSR count). The van der Waals surface area contributed by atoms with Crippen molar-refractivity contribution in [3.63, 3.8) is 0 Å². The summed E-state index contributed by atoms with van der Waals surface area (Å²) in [5.74, 6) is 1.47. The molecule has 0 N–H and O–H groups in total. The number of aromatic nitrogens is 2. The first-order valence-corrected chi connectivity index (χ1v) is 9.89. The molecule has 0 radical (unpaired) electrons. The van der Waals surface area contributed by atoms with Crippen molar-refractivity contribution in [3.05, 3.63) is 45.5 Å². The molecule has 0 atom stereocenters. The van der Waals surface area contributed by atoms with Gasteiger partial charge in [0.05, 0.1) is 25.3 Å². The zero-order valence-electron chi connectivity index (χ0n) is 15.7. The number of esters is 1. The van der Waals surface area contributed by atoms with Gasteiger partial charge in [0.15, 0.2) is 6.61 Å². The van der Waals surface area contributed by atoms with Crippen LogP contribution in [-0.4, -0.2) is 30.3 Å². The molecule has 0 unspecified atom stereocenters. The summed E-state index contributed by atoms with van der Waals surface area (Å²) in [6.07, 6.45) is 4.28. The maximum atomic E-state index is 12.5. The second-order valence-corrected chi connectivity index (χ2v) is 7.38. The van der Waals surface area contributed by atoms with E-state index in [9.17, 15) is 4.79 Å². The van der Waals surface area contributed by atoms with Crippen LogP contribution < -0.4 is 9.47 Å². The summed E-state index contributed by atoms with van der Waals surface area (Å²) in [6.45, 7) is -0.0745. The summed E-state index contributed by atoms with van der Waals surface area (Å²) in [7, 11) is 3.14. The topological polar surface area (TPSA) is 83.7 Å². The number of hydrogen-bond acceptors (Lipinski definition) is 8. The van der Waals surface area contributed by atoms with Crippen LogP contribution in [0.4, 0.5) is 0 Å². The minimum absolute atomic E-state index is 0.0745. The third kappa shape index (κ3) is 3.60. The van der Waals surface area contributed by atoms with Crippen LogP contribution in [-0.2, 0) is 24.2 Å². The third-order valence-electron chi connectivity index (χ3n) is 4.73. The number of benzene rings is 1. The lowest BCUT2D eigenvalue weighted by atomic mass is 9.96. The fraction of sp³-hybridized carbons (Fsp3) is 0.350. The molecule has 0 fully saturated rings. The molecule has 1 aromatic carbocycles. The predicted molar refractivity (Wildman–Crippen MR) is 103 cm³/mol. The van der Waals surface area contributed by atoms with Crippen LogP contribution in [0.3, 0.4) is 0 Å². The number of aryl methyl sites for hydroxylation is 1. The fourth-order valence-corrected chi connectivity index (χ4v) is 4.39. The van der Waals surface area contributed by atoms with E-state index in [1.54, 1.807) is 43.8 Å². The molecule has 0 saturated heterocycles. The molecule has 2 heterocycles. The van der Waals surface area contributed by atoms with E-state index in [1.807, 2.05) is 5.38 Å². The summed E-state index contributed by atoms with van der Waals surface area (Å²) in [5, 5.41) is 5.85. The zero-order valence-corrected chi connectivity index (χ0v) is 16.5. The van der Waals surface area contributed by atoms with E-state index in [2.05, 4.69) is 10.1 Å². The molecule has 2 aromatic heterocycles. The number of rotatable bonds is 6. The molecule has 3 aromatic rings. The van der Waals surface area contributed by atoms with Crippen LogP contribution in [0.1, 0.15) is 39.5 Å². The highest BCUT2D eigenvalue weighted by Crippen LogP contribution is 2.32. The molecule has 1 aliphatic carbocycles. The number of nitrogens with zero attached hydrogens (tertiary/aromatic N) is 2. The number of thiophene rings is 1. The van der Waals surface area contributed by atoms with Crippen molar-refractivity contribution in [3.8, 4) is 22.9 Å². The lowest BCUT2D eigenvalue weighted by Crippen LogP contribution is -2.09. The largest absolute Gasteiger partial charge is 0.497 e. The first-order chi connectivity index (χ1) is 13.7. The minimum Gasteiger partial charge on any atom is -0.497 e. The zero-order chi connectivity index (χ0) is 19.5. The maximum absolute atomic E-state index is 12.5. The van der Waals surface area contributed by atoms with Gasteiger partial charge >= 0.3 is 5.97 Å². The Morgan fingerprint density at radius 1 is 1.21 bits per heavy atom. The molecule has 8 heteroatoms. The Kier molecular flexibility index (Phi) is 5.29. The van der Waals surface area contributed by atoms with Crippen LogP contribution >= 0.6 is 11.3 Å². The lowest BCUT2D eigenvalue weighted by Gasteiger charge is -2.11. The van der Waals surface area contributed by atoms with E-state index in [-0.39, 0.29) is 18.5 Å². The summed E-state index contributed by atoms with van der Waals surface area (Å²) in [5.41, 5.74) is 2.46. The second-order valence-electron chi connectivity index (χ2n) is 6.41. The van der Waals surface area contributed by atoms with Gasteiger partial charge < -0.3 is 18.7 Å². The van der Waals surface area contributed by atoms with Gasteiger partial charge in [-0.1, -0.05) is 5.16 Å². The Bertz CT molecular complexity index is 994. The van der Waals surface area contributed by atoms with E-state index in [0.717, 1.165) is 24.8 Å². The van der Waals surface area contributed by atoms with Gasteiger partial charge in [0.25, 0.3) is 5.89 Å². The number of hydrogen-bond donors (Lipinski definition) is 0. The van der Waals surface area contributed by atoms with Crippen molar-refractivity contribution >= 4 is 17.3 Å². The Balaban J connectivity index is 1.46. The molecule has 28 heavy (non-hydrogen) atoms. The van der Waals surface area contributed by atoms with Gasteiger partial charge in [-0.25, -0.2) is 4.79 Å². The molecule has 0 amide bonds. The SMILES string of the molecule is COc1ccc(-c2noc(COC(=O)c3csc4c3CCCC4)n2)c(OC)c1. The van der Waals surface area contributed by atoms with Crippen molar-refractivity contribution in [2.75, 3.05) is 14.2 Å². The van der Waals surface area contributed by atoms with Gasteiger partial charge in [-0.05, 0) is 43.4 Å². The van der Waals surface area contributed by atoms with E-state index in [1.165, 1.54) is 11.3 Å². The number of ether oxygens (including phenoxy) is 3. The summed E-state index contributed by atoms with van der Waals surface area (Å²) < 4.78 is 21.2.